The Hall–Kier alpha value is -2.06. The molecular weight excluding hydrogens is 258 g/mol. The summed E-state index contributed by atoms with van der Waals surface area (Å²) in [5, 5.41) is 1.60. The van der Waals surface area contributed by atoms with Gasteiger partial charge in [-0.15, -0.1) is 0 Å². The van der Waals surface area contributed by atoms with Crippen molar-refractivity contribution in [3.05, 3.63) is 71.4 Å². The lowest BCUT2D eigenvalue weighted by Crippen LogP contribution is -1.96. The van der Waals surface area contributed by atoms with Crippen LogP contribution in [0.5, 0.6) is 5.75 Å². The maximum atomic E-state index is 6.15. The predicted octanol–water partition coefficient (Wildman–Crippen LogP) is 4.47. The van der Waals surface area contributed by atoms with Crippen LogP contribution < -0.4 is 4.74 Å². The van der Waals surface area contributed by atoms with E-state index in [0.717, 1.165) is 22.2 Å². The summed E-state index contributed by atoms with van der Waals surface area (Å²) in [5.41, 5.74) is 1.92. The molecule has 0 aliphatic rings. The second-order valence-electron chi connectivity index (χ2n) is 4.22. The summed E-state index contributed by atoms with van der Waals surface area (Å²) in [5.74, 6) is 0.754. The molecule has 3 rings (SSSR count). The van der Waals surface area contributed by atoms with Crippen molar-refractivity contribution in [2.75, 3.05) is 0 Å². The van der Waals surface area contributed by atoms with Crippen molar-refractivity contribution in [2.45, 2.75) is 6.61 Å². The van der Waals surface area contributed by atoms with Gasteiger partial charge >= 0.3 is 0 Å². The van der Waals surface area contributed by atoms with Gasteiger partial charge in [-0.3, -0.25) is 4.98 Å². The second-order valence-corrected chi connectivity index (χ2v) is 4.63. The zero-order chi connectivity index (χ0) is 13.1. The molecule has 0 amide bonds. The lowest BCUT2D eigenvalue weighted by Gasteiger charge is -2.09. The molecule has 2 nitrogen and oxygen atoms in total. The largest absolute Gasteiger partial charge is 0.487 e. The highest BCUT2D eigenvalue weighted by atomic mass is 35.5. The molecule has 0 spiro atoms. The molecule has 0 bridgehead atoms. The molecule has 2 aromatic carbocycles. The molecule has 0 atom stereocenters. The Balaban J connectivity index is 1.91. The number of halogens is 1. The standard InChI is InChI=1S/C16H12ClNO/c17-14-8-9-15(16-13(14)7-4-10-18-16)19-11-12-5-2-1-3-6-12/h1-10H,11H2. The van der Waals surface area contributed by atoms with Gasteiger partial charge in [-0.1, -0.05) is 41.9 Å². The van der Waals surface area contributed by atoms with E-state index in [1.807, 2.05) is 54.6 Å². The number of hydrogen-bond acceptors (Lipinski definition) is 2. The van der Waals surface area contributed by atoms with Gasteiger partial charge in [0, 0.05) is 11.6 Å². The highest BCUT2D eigenvalue weighted by Crippen LogP contribution is 2.29. The fourth-order valence-electron chi connectivity index (χ4n) is 1.96. The first-order chi connectivity index (χ1) is 9.34. The molecular formula is C16H12ClNO. The number of nitrogens with zero attached hydrogens (tertiary/aromatic N) is 1. The molecule has 1 heterocycles. The molecule has 1 aromatic heterocycles. The van der Waals surface area contributed by atoms with E-state index in [9.17, 15) is 0 Å². The summed E-state index contributed by atoms with van der Waals surface area (Å²) in [6.07, 6.45) is 1.74. The van der Waals surface area contributed by atoms with Crippen molar-refractivity contribution in [1.82, 2.24) is 4.98 Å². The fourth-order valence-corrected chi connectivity index (χ4v) is 2.18. The first kappa shape index (κ1) is 12.0. The number of rotatable bonds is 3. The van der Waals surface area contributed by atoms with Crippen molar-refractivity contribution >= 4 is 22.5 Å². The normalized spacial score (nSPS) is 10.6. The summed E-state index contributed by atoms with van der Waals surface area (Å²) in [6.45, 7) is 0.522. The minimum atomic E-state index is 0.522. The molecule has 19 heavy (non-hydrogen) atoms. The van der Waals surface area contributed by atoms with E-state index in [2.05, 4.69) is 4.98 Å². The van der Waals surface area contributed by atoms with E-state index in [1.165, 1.54) is 0 Å². The molecule has 3 aromatic rings. The molecule has 94 valence electrons. The van der Waals surface area contributed by atoms with Gasteiger partial charge < -0.3 is 4.74 Å². The lowest BCUT2D eigenvalue weighted by molar-refractivity contribution is 0.309. The van der Waals surface area contributed by atoms with Gasteiger partial charge in [-0.25, -0.2) is 0 Å². The maximum Gasteiger partial charge on any atom is 0.146 e. The van der Waals surface area contributed by atoms with Crippen LogP contribution >= 0.6 is 11.6 Å². The van der Waals surface area contributed by atoms with Crippen LogP contribution in [0.1, 0.15) is 5.56 Å². The van der Waals surface area contributed by atoms with E-state index in [4.69, 9.17) is 16.3 Å². The van der Waals surface area contributed by atoms with Gasteiger partial charge in [-0.2, -0.15) is 0 Å². The number of benzene rings is 2. The minimum absolute atomic E-state index is 0.522. The molecule has 0 radical (unpaired) electrons. The Morgan fingerprint density at radius 2 is 1.79 bits per heavy atom. The Kier molecular flexibility index (Phi) is 3.34. The first-order valence-corrected chi connectivity index (χ1v) is 6.42. The van der Waals surface area contributed by atoms with Gasteiger partial charge in [0.25, 0.3) is 0 Å². The van der Waals surface area contributed by atoms with Crippen LogP contribution in [0.25, 0.3) is 10.9 Å². The number of fused-ring (bicyclic) bond motifs is 1. The summed E-state index contributed by atoms with van der Waals surface area (Å²) in [6, 6.07) is 17.6. The summed E-state index contributed by atoms with van der Waals surface area (Å²) in [4.78, 5) is 4.34. The summed E-state index contributed by atoms with van der Waals surface area (Å²) < 4.78 is 5.84. The van der Waals surface area contributed by atoms with Crippen LogP contribution in [0.3, 0.4) is 0 Å². The molecule has 0 saturated heterocycles. The molecule has 0 aliphatic carbocycles. The Morgan fingerprint density at radius 3 is 2.63 bits per heavy atom. The first-order valence-electron chi connectivity index (χ1n) is 6.04. The minimum Gasteiger partial charge on any atom is -0.487 e. The lowest BCUT2D eigenvalue weighted by atomic mass is 10.2. The van der Waals surface area contributed by atoms with Crippen molar-refractivity contribution < 1.29 is 4.74 Å². The molecule has 0 aliphatic heterocycles. The average molecular weight is 270 g/mol. The number of ether oxygens (including phenoxy) is 1. The third-order valence-corrected chi connectivity index (χ3v) is 3.25. The SMILES string of the molecule is Clc1ccc(OCc2ccccc2)c2ncccc12. The van der Waals surface area contributed by atoms with Crippen molar-refractivity contribution in [3.8, 4) is 5.75 Å². The quantitative estimate of drug-likeness (QED) is 0.700. The highest BCUT2D eigenvalue weighted by Gasteiger charge is 2.06. The summed E-state index contributed by atoms with van der Waals surface area (Å²) >= 11 is 6.15. The van der Waals surface area contributed by atoms with Crippen LogP contribution in [-0.2, 0) is 6.61 Å². The highest BCUT2D eigenvalue weighted by molar-refractivity contribution is 6.35. The van der Waals surface area contributed by atoms with E-state index >= 15 is 0 Å². The van der Waals surface area contributed by atoms with Crippen molar-refractivity contribution in [2.24, 2.45) is 0 Å². The van der Waals surface area contributed by atoms with E-state index in [1.54, 1.807) is 6.20 Å². The number of hydrogen-bond donors (Lipinski definition) is 0. The van der Waals surface area contributed by atoms with Gasteiger partial charge in [-0.05, 0) is 29.8 Å². The Bertz CT molecular complexity index is 697. The maximum absolute atomic E-state index is 6.15. The predicted molar refractivity (Wildman–Crippen MR) is 77.5 cm³/mol. The van der Waals surface area contributed by atoms with Crippen molar-refractivity contribution in [3.63, 3.8) is 0 Å². The average Bonchev–Trinajstić information content (AvgIpc) is 2.48. The molecule has 0 unspecified atom stereocenters. The number of pyridine rings is 1. The van der Waals surface area contributed by atoms with E-state index in [-0.39, 0.29) is 0 Å². The van der Waals surface area contributed by atoms with Crippen LogP contribution in [0.4, 0.5) is 0 Å². The number of aromatic nitrogens is 1. The van der Waals surface area contributed by atoms with Crippen molar-refractivity contribution in [1.29, 1.82) is 0 Å². The smallest absolute Gasteiger partial charge is 0.146 e. The van der Waals surface area contributed by atoms with Gasteiger partial charge in [0.15, 0.2) is 0 Å². The van der Waals surface area contributed by atoms with Gasteiger partial charge in [0.2, 0.25) is 0 Å². The monoisotopic (exact) mass is 269 g/mol. The van der Waals surface area contributed by atoms with Crippen LogP contribution in [0, 0.1) is 0 Å². The van der Waals surface area contributed by atoms with Crippen LogP contribution in [0.2, 0.25) is 5.02 Å². The molecule has 0 fully saturated rings. The fraction of sp³-hybridized carbons (Fsp3) is 0.0625. The summed E-state index contributed by atoms with van der Waals surface area (Å²) in [7, 11) is 0. The molecule has 3 heteroatoms. The topological polar surface area (TPSA) is 22.1 Å². The molecule has 0 N–H and O–H groups in total. The third-order valence-electron chi connectivity index (χ3n) is 2.92. The zero-order valence-corrected chi connectivity index (χ0v) is 11.0. The third kappa shape index (κ3) is 2.54. The second kappa shape index (κ2) is 5.29. The van der Waals surface area contributed by atoms with E-state index < -0.39 is 0 Å². The molecule has 0 saturated carbocycles. The Labute approximate surface area is 116 Å². The Morgan fingerprint density at radius 1 is 0.947 bits per heavy atom. The van der Waals surface area contributed by atoms with Crippen LogP contribution in [0.15, 0.2) is 60.8 Å². The van der Waals surface area contributed by atoms with Gasteiger partial charge in [0.1, 0.15) is 17.9 Å². The van der Waals surface area contributed by atoms with E-state index in [0.29, 0.717) is 11.6 Å². The van der Waals surface area contributed by atoms with Crippen LogP contribution in [-0.4, -0.2) is 4.98 Å². The zero-order valence-electron chi connectivity index (χ0n) is 10.2. The van der Waals surface area contributed by atoms with Gasteiger partial charge in [0.05, 0.1) is 5.02 Å².